The second kappa shape index (κ2) is 16.4. The third-order valence-electron chi connectivity index (χ3n) is 7.39. The minimum Gasteiger partial charge on any atom is -0.396 e. The van der Waals surface area contributed by atoms with Gasteiger partial charge >= 0.3 is 0 Å². The molecule has 0 amide bonds. The minimum absolute atomic E-state index is 0.0186. The maximum atomic E-state index is 10.6. The third kappa shape index (κ3) is 10.7. The molecular formula is C24H50O10. The van der Waals surface area contributed by atoms with Crippen LogP contribution in [0.4, 0.5) is 0 Å². The molecule has 0 saturated carbocycles. The van der Waals surface area contributed by atoms with Crippen LogP contribution in [0.2, 0.25) is 0 Å². The lowest BCUT2D eigenvalue weighted by Gasteiger charge is -2.35. The van der Waals surface area contributed by atoms with Crippen molar-refractivity contribution >= 4 is 0 Å². The number of hydrogen-bond acceptors (Lipinski definition) is 10. The Balaban J connectivity index is 4.86. The van der Waals surface area contributed by atoms with Crippen molar-refractivity contribution in [1.82, 2.24) is 0 Å². The van der Waals surface area contributed by atoms with E-state index in [0.29, 0.717) is 0 Å². The predicted octanol–water partition coefficient (Wildman–Crippen LogP) is -1.40. The second-order valence-electron chi connectivity index (χ2n) is 10.3. The van der Waals surface area contributed by atoms with Gasteiger partial charge in [-0.15, -0.1) is 0 Å². The first-order chi connectivity index (χ1) is 15.7. The fourth-order valence-corrected chi connectivity index (χ4v) is 4.32. The van der Waals surface area contributed by atoms with E-state index in [1.807, 2.05) is 0 Å². The molecule has 0 spiro atoms. The van der Waals surface area contributed by atoms with E-state index in [1.165, 1.54) is 0 Å². The first-order valence-corrected chi connectivity index (χ1v) is 12.4. The molecule has 0 fully saturated rings. The second-order valence-corrected chi connectivity index (χ2v) is 10.3. The highest BCUT2D eigenvalue weighted by Gasteiger charge is 2.37. The van der Waals surface area contributed by atoms with Crippen LogP contribution in [-0.4, -0.2) is 113 Å². The van der Waals surface area contributed by atoms with E-state index in [4.69, 9.17) is 5.11 Å². The van der Waals surface area contributed by atoms with Crippen molar-refractivity contribution in [1.29, 1.82) is 0 Å². The number of aliphatic hydroxyl groups excluding tert-OH is 10. The zero-order valence-electron chi connectivity index (χ0n) is 21.2. The van der Waals surface area contributed by atoms with E-state index in [9.17, 15) is 46.0 Å². The first-order valence-electron chi connectivity index (χ1n) is 12.4. The van der Waals surface area contributed by atoms with Crippen LogP contribution in [0.5, 0.6) is 0 Å². The van der Waals surface area contributed by atoms with Crippen LogP contribution in [0.25, 0.3) is 0 Å². The molecule has 0 bridgehead atoms. The summed E-state index contributed by atoms with van der Waals surface area (Å²) < 4.78 is 0. The molecular weight excluding hydrogens is 448 g/mol. The lowest BCUT2D eigenvalue weighted by Crippen LogP contribution is -2.44. The van der Waals surface area contributed by atoms with Crippen LogP contribution in [0.3, 0.4) is 0 Å². The average molecular weight is 499 g/mol. The summed E-state index contributed by atoms with van der Waals surface area (Å²) in [5, 5.41) is 101. The summed E-state index contributed by atoms with van der Waals surface area (Å²) in [6.45, 7) is 7.54. The van der Waals surface area contributed by atoms with Crippen LogP contribution >= 0.6 is 0 Å². The molecule has 0 radical (unpaired) electrons. The van der Waals surface area contributed by atoms with Gasteiger partial charge in [-0.2, -0.15) is 0 Å². The minimum atomic E-state index is -1.15. The van der Waals surface area contributed by atoms with Crippen LogP contribution in [0.15, 0.2) is 0 Å². The van der Waals surface area contributed by atoms with E-state index >= 15 is 0 Å². The molecule has 0 aliphatic carbocycles. The van der Waals surface area contributed by atoms with Crippen molar-refractivity contribution in [3.8, 4) is 0 Å². The molecule has 0 aromatic heterocycles. The Morgan fingerprint density at radius 3 is 1.29 bits per heavy atom. The van der Waals surface area contributed by atoms with Crippen LogP contribution in [0.1, 0.15) is 60.3 Å². The van der Waals surface area contributed by atoms with Gasteiger partial charge in [0.15, 0.2) is 0 Å². The number of rotatable bonds is 18. The van der Waals surface area contributed by atoms with Crippen molar-refractivity contribution < 1.29 is 51.1 Å². The summed E-state index contributed by atoms with van der Waals surface area (Å²) in [4.78, 5) is 0. The maximum absolute atomic E-state index is 10.6. The van der Waals surface area contributed by atoms with Gasteiger partial charge in [-0.1, -0.05) is 34.6 Å². The summed E-state index contributed by atoms with van der Waals surface area (Å²) >= 11 is 0. The van der Waals surface area contributed by atoms with E-state index in [-0.39, 0.29) is 38.9 Å². The van der Waals surface area contributed by atoms with Gasteiger partial charge in [0.05, 0.1) is 48.8 Å². The van der Waals surface area contributed by atoms with Crippen molar-refractivity contribution in [2.75, 3.05) is 13.2 Å². The molecule has 0 aliphatic rings. The number of aliphatic hydroxyl groups is 10. The van der Waals surface area contributed by atoms with Gasteiger partial charge in [-0.25, -0.2) is 0 Å². The molecule has 10 N–H and O–H groups in total. The summed E-state index contributed by atoms with van der Waals surface area (Å²) in [6, 6.07) is 0. The van der Waals surface area contributed by atoms with Crippen molar-refractivity contribution in [2.45, 2.75) is 109 Å². The van der Waals surface area contributed by atoms with Crippen LogP contribution in [0, 0.1) is 29.6 Å². The van der Waals surface area contributed by atoms with E-state index in [1.54, 1.807) is 34.6 Å². The Labute approximate surface area is 203 Å². The monoisotopic (exact) mass is 498 g/mol. The molecule has 13 atom stereocenters. The maximum Gasteiger partial charge on any atom is 0.0640 e. The van der Waals surface area contributed by atoms with Crippen LogP contribution < -0.4 is 0 Å². The molecule has 0 unspecified atom stereocenters. The largest absolute Gasteiger partial charge is 0.396 e. The molecule has 10 heteroatoms. The fourth-order valence-electron chi connectivity index (χ4n) is 4.32. The van der Waals surface area contributed by atoms with Crippen LogP contribution in [-0.2, 0) is 0 Å². The molecule has 0 aromatic rings. The summed E-state index contributed by atoms with van der Waals surface area (Å²) in [5.74, 6) is -3.22. The van der Waals surface area contributed by atoms with E-state index < -0.39 is 78.4 Å². The van der Waals surface area contributed by atoms with E-state index in [2.05, 4.69) is 0 Å². The third-order valence-corrected chi connectivity index (χ3v) is 7.39. The Hall–Kier alpha value is -0.400. The Morgan fingerprint density at radius 1 is 0.471 bits per heavy atom. The standard InChI is InChI=1S/C24H50O10/c1-12(11-26)22(32)16(5)24(34)15(4)21(31)10-20(30)14(3)23(33)13(2)19(29)9-18(28)8-17(27)6-7-25/h12-34H,6-11H2,1-5H3/t12-,13+,14+,15+,16+,17-,18-,19-,20+,21-,22+,23-,24+/m1/s1. The predicted molar refractivity (Wildman–Crippen MR) is 127 cm³/mol. The zero-order chi connectivity index (χ0) is 26.7. The topological polar surface area (TPSA) is 202 Å². The van der Waals surface area contributed by atoms with Gasteiger partial charge in [-0.05, 0) is 25.7 Å². The number of hydrogen-bond donors (Lipinski definition) is 10. The molecule has 206 valence electrons. The lowest BCUT2D eigenvalue weighted by molar-refractivity contribution is -0.0873. The zero-order valence-corrected chi connectivity index (χ0v) is 21.2. The first kappa shape index (κ1) is 33.6. The molecule has 34 heavy (non-hydrogen) atoms. The molecule has 0 aromatic carbocycles. The van der Waals surface area contributed by atoms with E-state index in [0.717, 1.165) is 0 Å². The average Bonchev–Trinajstić information content (AvgIpc) is 2.79. The van der Waals surface area contributed by atoms with Gasteiger partial charge in [-0.3, -0.25) is 0 Å². The SMILES string of the molecule is C[C@H]([C@@H](O)[C@@H](C)[C@H](O)C[C@H](O)[C@H](C)[C@H](O)[C@@H](C)[C@H](O)C[C@H](O)C[C@H](O)CCO)[C@@H](O)[C@H](C)CO. The molecule has 0 aliphatic heterocycles. The van der Waals surface area contributed by atoms with Gasteiger partial charge < -0.3 is 51.1 Å². The summed E-state index contributed by atoms with van der Waals surface area (Å²) in [6.07, 6.45) is -8.68. The van der Waals surface area contributed by atoms with Crippen molar-refractivity contribution in [3.63, 3.8) is 0 Å². The molecule has 0 rings (SSSR count). The Morgan fingerprint density at radius 2 is 0.882 bits per heavy atom. The van der Waals surface area contributed by atoms with Gasteiger partial charge in [0.1, 0.15) is 0 Å². The quantitative estimate of drug-likeness (QED) is 0.107. The van der Waals surface area contributed by atoms with Crippen molar-refractivity contribution in [2.24, 2.45) is 29.6 Å². The van der Waals surface area contributed by atoms with Gasteiger partial charge in [0.25, 0.3) is 0 Å². The normalized spacial score (nSPS) is 24.1. The molecule has 10 nitrogen and oxygen atoms in total. The summed E-state index contributed by atoms with van der Waals surface area (Å²) in [7, 11) is 0. The smallest absolute Gasteiger partial charge is 0.0640 e. The lowest BCUT2D eigenvalue weighted by atomic mass is 9.79. The summed E-state index contributed by atoms with van der Waals surface area (Å²) in [5.41, 5.74) is 0. The highest BCUT2D eigenvalue weighted by atomic mass is 16.3. The highest BCUT2D eigenvalue weighted by Crippen LogP contribution is 2.28. The Kier molecular flexibility index (Phi) is 16.2. The molecule has 0 heterocycles. The fraction of sp³-hybridized carbons (Fsp3) is 1.00. The van der Waals surface area contributed by atoms with Gasteiger partial charge in [0, 0.05) is 42.8 Å². The molecule has 0 saturated heterocycles. The highest BCUT2D eigenvalue weighted by molar-refractivity contribution is 4.87. The van der Waals surface area contributed by atoms with Gasteiger partial charge in [0.2, 0.25) is 0 Å². The Bertz CT molecular complexity index is 524. The van der Waals surface area contributed by atoms with Crippen molar-refractivity contribution in [3.05, 3.63) is 0 Å².